The molecule has 0 amide bonds. The minimum atomic E-state index is -0.102. The summed E-state index contributed by atoms with van der Waals surface area (Å²) >= 11 is 0. The molecule has 1 rings (SSSR count). The fourth-order valence-electron chi connectivity index (χ4n) is 1.72. The van der Waals surface area contributed by atoms with Crippen molar-refractivity contribution in [2.24, 2.45) is 0 Å². The maximum absolute atomic E-state index is 8.66. The molecule has 0 atom stereocenters. The van der Waals surface area contributed by atoms with Crippen LogP contribution in [0.2, 0.25) is 0 Å². The van der Waals surface area contributed by atoms with Crippen LogP contribution in [0.4, 0.5) is 0 Å². The van der Waals surface area contributed by atoms with Gasteiger partial charge in [0.05, 0.1) is 6.61 Å². The predicted octanol–water partition coefficient (Wildman–Crippen LogP) is 3.30. The average molecular weight is 246 g/mol. The Balaban J connectivity index is 2.46. The Kier molecular flexibility index (Phi) is 6.98. The Morgan fingerprint density at radius 2 is 2.06 bits per heavy atom. The zero-order valence-corrected chi connectivity index (χ0v) is 11.3. The van der Waals surface area contributed by atoms with Gasteiger partial charge in [-0.15, -0.1) is 0 Å². The molecule has 0 fully saturated rings. The Morgan fingerprint density at radius 1 is 1.22 bits per heavy atom. The van der Waals surface area contributed by atoms with Crippen LogP contribution in [0.15, 0.2) is 18.2 Å². The predicted molar refractivity (Wildman–Crippen MR) is 74.8 cm³/mol. The molecule has 0 bridgehead atoms. The smallest absolute Gasteiger partial charge is 0.119 e. The van der Waals surface area contributed by atoms with Crippen LogP contribution in [0.1, 0.15) is 43.7 Å². The van der Waals surface area contributed by atoms with Gasteiger partial charge in [-0.2, -0.15) is 0 Å². The summed E-state index contributed by atoms with van der Waals surface area (Å²) in [5.41, 5.74) is 2.03. The lowest BCUT2D eigenvalue weighted by Gasteiger charge is -2.07. The van der Waals surface area contributed by atoms with E-state index in [9.17, 15) is 0 Å². The second kappa shape index (κ2) is 8.60. The van der Waals surface area contributed by atoms with Crippen molar-refractivity contribution in [3.8, 4) is 17.6 Å². The standard InChI is InChI=1S/C16H22O2/c1-3-4-5-6-12-18-16-10-9-15(8-7-11-17)14(2)13-16/h9-10,13,17H,3-6,11-12H2,1-2H3. The SMILES string of the molecule is CCCCCCOc1ccc(C#CCO)c(C)c1. The van der Waals surface area contributed by atoms with Gasteiger partial charge in [0.1, 0.15) is 12.4 Å². The fourth-order valence-corrected chi connectivity index (χ4v) is 1.72. The van der Waals surface area contributed by atoms with E-state index in [0.717, 1.165) is 29.9 Å². The van der Waals surface area contributed by atoms with Crippen LogP contribution >= 0.6 is 0 Å². The molecule has 0 aliphatic rings. The summed E-state index contributed by atoms with van der Waals surface area (Å²) in [6.45, 7) is 4.89. The average Bonchev–Trinajstić information content (AvgIpc) is 2.37. The van der Waals surface area contributed by atoms with Gasteiger partial charge in [-0.05, 0) is 37.1 Å². The number of hydrogen-bond acceptors (Lipinski definition) is 2. The monoisotopic (exact) mass is 246 g/mol. The minimum Gasteiger partial charge on any atom is -0.494 e. The van der Waals surface area contributed by atoms with Crippen LogP contribution in [0.5, 0.6) is 5.75 Å². The van der Waals surface area contributed by atoms with Crippen LogP contribution in [-0.2, 0) is 0 Å². The molecule has 0 spiro atoms. The summed E-state index contributed by atoms with van der Waals surface area (Å²) < 4.78 is 5.70. The third kappa shape index (κ3) is 5.25. The molecule has 1 aromatic rings. The summed E-state index contributed by atoms with van der Waals surface area (Å²) in [5.74, 6) is 6.48. The molecule has 18 heavy (non-hydrogen) atoms. The molecule has 0 radical (unpaired) electrons. The molecular formula is C16H22O2. The van der Waals surface area contributed by atoms with Gasteiger partial charge < -0.3 is 9.84 Å². The second-order valence-corrected chi connectivity index (χ2v) is 4.35. The Morgan fingerprint density at radius 3 is 2.72 bits per heavy atom. The fraction of sp³-hybridized carbons (Fsp3) is 0.500. The van der Waals surface area contributed by atoms with Gasteiger partial charge >= 0.3 is 0 Å². The Bertz CT molecular complexity index is 413. The lowest BCUT2D eigenvalue weighted by atomic mass is 10.1. The number of benzene rings is 1. The molecule has 98 valence electrons. The molecular weight excluding hydrogens is 224 g/mol. The molecule has 0 aromatic heterocycles. The van der Waals surface area contributed by atoms with Crippen LogP contribution < -0.4 is 4.74 Å². The van der Waals surface area contributed by atoms with E-state index in [1.165, 1.54) is 19.3 Å². The maximum atomic E-state index is 8.66. The zero-order valence-electron chi connectivity index (χ0n) is 11.3. The number of ether oxygens (including phenoxy) is 1. The number of aliphatic hydroxyl groups excluding tert-OH is 1. The van der Waals surface area contributed by atoms with Crippen molar-refractivity contribution in [2.45, 2.75) is 39.5 Å². The zero-order chi connectivity index (χ0) is 13.2. The number of rotatable bonds is 6. The van der Waals surface area contributed by atoms with Gasteiger partial charge in [-0.3, -0.25) is 0 Å². The third-order valence-corrected chi connectivity index (χ3v) is 2.77. The third-order valence-electron chi connectivity index (χ3n) is 2.77. The van der Waals surface area contributed by atoms with Crippen LogP contribution in [-0.4, -0.2) is 18.3 Å². The lowest BCUT2D eigenvalue weighted by molar-refractivity contribution is 0.305. The number of aryl methyl sites for hydroxylation is 1. The van der Waals surface area contributed by atoms with Crippen molar-refractivity contribution >= 4 is 0 Å². The van der Waals surface area contributed by atoms with Gasteiger partial charge in [0.2, 0.25) is 0 Å². The van der Waals surface area contributed by atoms with E-state index in [0.29, 0.717) is 0 Å². The minimum absolute atomic E-state index is 0.102. The number of unbranched alkanes of at least 4 members (excludes halogenated alkanes) is 3. The normalized spacial score (nSPS) is 9.72. The van der Waals surface area contributed by atoms with Crippen molar-refractivity contribution in [2.75, 3.05) is 13.2 Å². The van der Waals surface area contributed by atoms with Crippen molar-refractivity contribution in [1.82, 2.24) is 0 Å². The summed E-state index contributed by atoms with van der Waals surface area (Å²) in [6, 6.07) is 5.88. The van der Waals surface area contributed by atoms with Crippen molar-refractivity contribution in [3.05, 3.63) is 29.3 Å². The maximum Gasteiger partial charge on any atom is 0.119 e. The summed E-state index contributed by atoms with van der Waals surface area (Å²) in [4.78, 5) is 0. The largest absolute Gasteiger partial charge is 0.494 e. The van der Waals surface area contributed by atoms with E-state index in [2.05, 4.69) is 18.8 Å². The van der Waals surface area contributed by atoms with Crippen LogP contribution in [0.25, 0.3) is 0 Å². The quantitative estimate of drug-likeness (QED) is 0.616. The van der Waals surface area contributed by atoms with Crippen molar-refractivity contribution in [3.63, 3.8) is 0 Å². The summed E-state index contributed by atoms with van der Waals surface area (Å²) in [7, 11) is 0. The molecule has 0 heterocycles. The topological polar surface area (TPSA) is 29.5 Å². The van der Waals surface area contributed by atoms with Gasteiger partial charge in [0.25, 0.3) is 0 Å². The highest BCUT2D eigenvalue weighted by molar-refractivity contribution is 5.44. The van der Waals surface area contributed by atoms with Crippen molar-refractivity contribution in [1.29, 1.82) is 0 Å². The first-order valence-corrected chi connectivity index (χ1v) is 6.61. The Hall–Kier alpha value is -1.46. The van der Waals surface area contributed by atoms with E-state index in [-0.39, 0.29) is 6.61 Å². The lowest BCUT2D eigenvalue weighted by Crippen LogP contribution is -1.98. The molecule has 0 unspecified atom stereocenters. The van der Waals surface area contributed by atoms with E-state index in [1.807, 2.05) is 25.1 Å². The molecule has 0 saturated carbocycles. The first-order chi connectivity index (χ1) is 8.77. The Labute approximate surface area is 110 Å². The highest BCUT2D eigenvalue weighted by Gasteiger charge is 1.98. The summed E-state index contributed by atoms with van der Waals surface area (Å²) in [5, 5.41) is 8.66. The van der Waals surface area contributed by atoms with Gasteiger partial charge in [0, 0.05) is 5.56 Å². The van der Waals surface area contributed by atoms with Gasteiger partial charge in [0.15, 0.2) is 0 Å². The molecule has 2 nitrogen and oxygen atoms in total. The second-order valence-electron chi connectivity index (χ2n) is 4.35. The van der Waals surface area contributed by atoms with Gasteiger partial charge in [-0.1, -0.05) is 38.0 Å². The van der Waals surface area contributed by atoms with E-state index >= 15 is 0 Å². The van der Waals surface area contributed by atoms with E-state index < -0.39 is 0 Å². The van der Waals surface area contributed by atoms with E-state index in [4.69, 9.17) is 9.84 Å². The molecule has 0 saturated heterocycles. The molecule has 0 aliphatic carbocycles. The molecule has 1 aromatic carbocycles. The highest BCUT2D eigenvalue weighted by atomic mass is 16.5. The molecule has 2 heteroatoms. The molecule has 0 aliphatic heterocycles. The molecule has 1 N–H and O–H groups in total. The van der Waals surface area contributed by atoms with Crippen LogP contribution in [0.3, 0.4) is 0 Å². The van der Waals surface area contributed by atoms with Crippen LogP contribution in [0, 0.1) is 18.8 Å². The van der Waals surface area contributed by atoms with E-state index in [1.54, 1.807) is 0 Å². The number of hydrogen-bond donors (Lipinski definition) is 1. The van der Waals surface area contributed by atoms with Crippen molar-refractivity contribution < 1.29 is 9.84 Å². The first kappa shape index (κ1) is 14.6. The summed E-state index contributed by atoms with van der Waals surface area (Å²) in [6.07, 6.45) is 4.86. The highest BCUT2D eigenvalue weighted by Crippen LogP contribution is 2.17. The van der Waals surface area contributed by atoms with Gasteiger partial charge in [-0.25, -0.2) is 0 Å². The number of aliphatic hydroxyl groups is 1. The first-order valence-electron chi connectivity index (χ1n) is 6.61.